The van der Waals surface area contributed by atoms with Crippen LogP contribution in [0.2, 0.25) is 0 Å². The Bertz CT molecular complexity index is 889. The number of carbonyl (C=O) groups excluding carboxylic acids is 1. The zero-order valence-electron chi connectivity index (χ0n) is 14.9. The Hall–Kier alpha value is -2.61. The summed E-state index contributed by atoms with van der Waals surface area (Å²) in [5.41, 5.74) is 0.788. The highest BCUT2D eigenvalue weighted by atomic mass is 16.7. The lowest BCUT2D eigenvalue weighted by molar-refractivity contribution is -0.128. The van der Waals surface area contributed by atoms with Crippen molar-refractivity contribution in [2.24, 2.45) is 0 Å². The molecule has 2 aliphatic heterocycles. The molecule has 1 atom stereocenters. The van der Waals surface area contributed by atoms with Gasteiger partial charge in [0, 0.05) is 0 Å². The van der Waals surface area contributed by atoms with Crippen LogP contribution in [0.15, 0.2) is 18.2 Å². The minimum absolute atomic E-state index is 0.0430. The predicted octanol–water partition coefficient (Wildman–Crippen LogP) is 0.935. The molecular formula is C18H21N5O3. The van der Waals surface area contributed by atoms with E-state index in [1.807, 2.05) is 41.6 Å². The molecule has 8 heteroatoms. The maximum atomic E-state index is 13.1. The topological polar surface area (TPSA) is 81.5 Å². The van der Waals surface area contributed by atoms with Gasteiger partial charge in [-0.3, -0.25) is 9.69 Å². The number of ether oxygens (including phenoxy) is 2. The van der Waals surface area contributed by atoms with Gasteiger partial charge < -0.3 is 19.4 Å². The lowest BCUT2D eigenvalue weighted by Gasteiger charge is -2.33. The van der Waals surface area contributed by atoms with Crippen molar-refractivity contribution >= 4 is 5.91 Å². The van der Waals surface area contributed by atoms with Crippen molar-refractivity contribution in [3.8, 4) is 11.5 Å². The summed E-state index contributed by atoms with van der Waals surface area (Å²) < 4.78 is 12.9. The Morgan fingerprint density at radius 1 is 1.27 bits per heavy atom. The Kier molecular flexibility index (Phi) is 3.27. The van der Waals surface area contributed by atoms with E-state index in [1.165, 1.54) is 0 Å². The Morgan fingerprint density at radius 3 is 2.88 bits per heavy atom. The standard InChI is InChI=1S/C18H21N5O3/c1-11-20-21-16-9-22(2)13(8-23(11)16)17(24)19-18(5-6-18)12-3-4-14-15(7-12)26-10-25-14/h3-4,7,13H,5-6,8-10H2,1-2H3,(H,19,24). The highest BCUT2D eigenvalue weighted by Gasteiger charge is 2.47. The van der Waals surface area contributed by atoms with Crippen LogP contribution in [-0.4, -0.2) is 45.5 Å². The van der Waals surface area contributed by atoms with Gasteiger partial charge in [-0.1, -0.05) is 6.07 Å². The van der Waals surface area contributed by atoms with Gasteiger partial charge in [-0.25, -0.2) is 0 Å². The molecule has 0 spiro atoms. The minimum Gasteiger partial charge on any atom is -0.454 e. The first-order valence-electron chi connectivity index (χ1n) is 8.87. The SMILES string of the molecule is Cc1nnc2n1CC(C(=O)NC1(c3ccc4c(c3)OCO4)CC1)N(C)C2. The summed E-state index contributed by atoms with van der Waals surface area (Å²) in [6, 6.07) is 5.70. The largest absolute Gasteiger partial charge is 0.454 e. The molecule has 8 nitrogen and oxygen atoms in total. The first kappa shape index (κ1) is 15.6. The molecule has 0 bridgehead atoms. The molecule has 1 amide bonds. The van der Waals surface area contributed by atoms with Gasteiger partial charge in [0.25, 0.3) is 0 Å². The number of aryl methyl sites for hydroxylation is 1. The van der Waals surface area contributed by atoms with Gasteiger partial charge in [-0.05, 0) is 44.5 Å². The summed E-state index contributed by atoms with van der Waals surface area (Å²) in [4.78, 5) is 15.1. The zero-order valence-corrected chi connectivity index (χ0v) is 14.9. The number of amides is 1. The quantitative estimate of drug-likeness (QED) is 0.882. The van der Waals surface area contributed by atoms with Crippen LogP contribution in [0.5, 0.6) is 11.5 Å². The Morgan fingerprint density at radius 2 is 2.08 bits per heavy atom. The van der Waals surface area contributed by atoms with Crippen molar-refractivity contribution in [3.05, 3.63) is 35.4 Å². The number of hydrogen-bond donors (Lipinski definition) is 1. The van der Waals surface area contributed by atoms with Crippen LogP contribution in [-0.2, 0) is 23.4 Å². The summed E-state index contributed by atoms with van der Waals surface area (Å²) in [5, 5.41) is 11.6. The number of carbonyl (C=O) groups is 1. The monoisotopic (exact) mass is 355 g/mol. The van der Waals surface area contributed by atoms with Crippen LogP contribution in [0.1, 0.15) is 30.1 Å². The van der Waals surface area contributed by atoms with E-state index in [9.17, 15) is 4.79 Å². The molecule has 1 aliphatic carbocycles. The molecule has 0 saturated heterocycles. The molecular weight excluding hydrogens is 334 g/mol. The van der Waals surface area contributed by atoms with E-state index in [2.05, 4.69) is 15.5 Å². The van der Waals surface area contributed by atoms with Crippen molar-refractivity contribution < 1.29 is 14.3 Å². The van der Waals surface area contributed by atoms with Crippen LogP contribution in [0.25, 0.3) is 0 Å². The van der Waals surface area contributed by atoms with E-state index in [0.29, 0.717) is 13.1 Å². The summed E-state index contributed by atoms with van der Waals surface area (Å²) in [5.74, 6) is 3.32. The summed E-state index contributed by atoms with van der Waals surface area (Å²) in [7, 11) is 1.96. The number of benzene rings is 1. The van der Waals surface area contributed by atoms with Gasteiger partial charge in [0.15, 0.2) is 11.5 Å². The van der Waals surface area contributed by atoms with Crippen molar-refractivity contribution in [2.45, 2.75) is 44.4 Å². The van der Waals surface area contributed by atoms with Crippen molar-refractivity contribution in [3.63, 3.8) is 0 Å². The zero-order chi connectivity index (χ0) is 17.9. The van der Waals surface area contributed by atoms with Crippen LogP contribution in [0.3, 0.4) is 0 Å². The first-order valence-corrected chi connectivity index (χ1v) is 8.87. The fourth-order valence-corrected chi connectivity index (χ4v) is 3.83. The maximum absolute atomic E-state index is 13.1. The highest BCUT2D eigenvalue weighted by Crippen LogP contribution is 2.48. The number of rotatable bonds is 3. The van der Waals surface area contributed by atoms with Crippen molar-refractivity contribution in [1.82, 2.24) is 25.0 Å². The average Bonchev–Trinajstić information content (AvgIpc) is 3.10. The number of aromatic nitrogens is 3. The first-order chi connectivity index (χ1) is 12.6. The summed E-state index contributed by atoms with van der Waals surface area (Å²) in [6.07, 6.45) is 1.87. The van der Waals surface area contributed by atoms with Crippen LogP contribution in [0.4, 0.5) is 0 Å². The van der Waals surface area contributed by atoms with Gasteiger partial charge in [-0.15, -0.1) is 10.2 Å². The minimum atomic E-state index is -0.290. The van der Waals surface area contributed by atoms with Gasteiger partial charge in [0.1, 0.15) is 17.7 Å². The average molecular weight is 355 g/mol. The number of likely N-dealkylation sites (N-methyl/N-ethyl adjacent to an activating group) is 1. The molecule has 136 valence electrons. The smallest absolute Gasteiger partial charge is 0.239 e. The molecule has 26 heavy (non-hydrogen) atoms. The molecule has 1 N–H and O–H groups in total. The summed E-state index contributed by atoms with van der Waals surface area (Å²) >= 11 is 0. The molecule has 1 aromatic heterocycles. The fraction of sp³-hybridized carbons (Fsp3) is 0.500. The van der Waals surface area contributed by atoms with Crippen LogP contribution < -0.4 is 14.8 Å². The molecule has 0 radical (unpaired) electrons. The van der Waals surface area contributed by atoms with Gasteiger partial charge in [0.05, 0.1) is 18.6 Å². The number of hydrogen-bond acceptors (Lipinski definition) is 6. The second-order valence-corrected chi connectivity index (χ2v) is 7.34. The lowest BCUT2D eigenvalue weighted by Crippen LogP contribution is -2.52. The van der Waals surface area contributed by atoms with E-state index in [4.69, 9.17) is 9.47 Å². The highest BCUT2D eigenvalue weighted by molar-refractivity contribution is 5.83. The number of nitrogens with zero attached hydrogens (tertiary/aromatic N) is 4. The second-order valence-electron chi connectivity index (χ2n) is 7.34. The van der Waals surface area contributed by atoms with Crippen molar-refractivity contribution in [2.75, 3.05) is 13.8 Å². The molecule has 1 saturated carbocycles. The Balaban J connectivity index is 1.36. The molecule has 1 unspecified atom stereocenters. The summed E-state index contributed by atoms with van der Waals surface area (Å²) in [6.45, 7) is 3.38. The third-order valence-corrected chi connectivity index (χ3v) is 5.63. The second kappa shape index (κ2) is 5.44. The van der Waals surface area contributed by atoms with Gasteiger partial charge in [0.2, 0.25) is 12.7 Å². The van der Waals surface area contributed by atoms with E-state index < -0.39 is 0 Å². The van der Waals surface area contributed by atoms with Gasteiger partial charge in [-0.2, -0.15) is 0 Å². The van der Waals surface area contributed by atoms with E-state index in [-0.39, 0.29) is 24.3 Å². The molecule has 1 fully saturated rings. The normalized spacial score (nSPS) is 22.8. The number of nitrogens with one attached hydrogen (secondary N) is 1. The van der Waals surface area contributed by atoms with E-state index in [0.717, 1.165) is 41.6 Å². The molecule has 5 rings (SSSR count). The molecule has 3 heterocycles. The third-order valence-electron chi connectivity index (χ3n) is 5.63. The molecule has 3 aliphatic rings. The van der Waals surface area contributed by atoms with Gasteiger partial charge >= 0.3 is 0 Å². The molecule has 2 aromatic rings. The predicted molar refractivity (Wildman–Crippen MR) is 91.6 cm³/mol. The maximum Gasteiger partial charge on any atom is 0.239 e. The lowest BCUT2D eigenvalue weighted by atomic mass is 10.0. The van der Waals surface area contributed by atoms with E-state index >= 15 is 0 Å². The number of fused-ring (bicyclic) bond motifs is 2. The molecule has 1 aromatic carbocycles. The van der Waals surface area contributed by atoms with E-state index in [1.54, 1.807) is 0 Å². The third kappa shape index (κ3) is 2.36. The fourth-order valence-electron chi connectivity index (χ4n) is 3.83. The van der Waals surface area contributed by atoms with Crippen LogP contribution in [0, 0.1) is 6.92 Å². The Labute approximate surface area is 151 Å². The van der Waals surface area contributed by atoms with Crippen molar-refractivity contribution in [1.29, 1.82) is 0 Å². The van der Waals surface area contributed by atoms with Crippen LogP contribution >= 0.6 is 0 Å².